The quantitative estimate of drug-likeness (QED) is 0.495. The van der Waals surface area contributed by atoms with Gasteiger partial charge in [-0.25, -0.2) is 4.79 Å². The summed E-state index contributed by atoms with van der Waals surface area (Å²) in [5.74, 6) is -0.950. The number of cyclic esters (lactones) is 1. The van der Waals surface area contributed by atoms with Gasteiger partial charge in [0.1, 0.15) is 5.54 Å². The monoisotopic (exact) mass is 459 g/mol. The number of carbonyl (C=O) groups is 2. The molecule has 0 N–H and O–H groups in total. The zero-order valence-electron chi connectivity index (χ0n) is 17.0. The van der Waals surface area contributed by atoms with Crippen molar-refractivity contribution in [3.05, 3.63) is 58.7 Å². The van der Waals surface area contributed by atoms with Crippen LogP contribution >= 0.6 is 12.2 Å². The van der Waals surface area contributed by atoms with Gasteiger partial charge in [0.15, 0.2) is 5.11 Å². The van der Waals surface area contributed by atoms with E-state index in [1.165, 1.54) is 12.1 Å². The highest BCUT2D eigenvalue weighted by Crippen LogP contribution is 2.40. The molecule has 0 saturated carbocycles. The van der Waals surface area contributed by atoms with Gasteiger partial charge in [-0.05, 0) is 68.0 Å². The molecule has 0 bridgehead atoms. The Balaban J connectivity index is 1.79. The molecule has 32 heavy (non-hydrogen) atoms. The molecule has 1 saturated heterocycles. The molecule has 10 heteroatoms. The van der Waals surface area contributed by atoms with Gasteiger partial charge in [-0.1, -0.05) is 0 Å². The van der Waals surface area contributed by atoms with E-state index in [0.717, 1.165) is 22.6 Å². The minimum Gasteiger partial charge on any atom is -0.462 e. The number of rotatable bonds is 2. The van der Waals surface area contributed by atoms with Crippen molar-refractivity contribution in [1.29, 1.82) is 5.26 Å². The molecule has 2 aliphatic heterocycles. The Kier molecular flexibility index (Phi) is 4.97. The summed E-state index contributed by atoms with van der Waals surface area (Å²) in [7, 11) is 0. The standard InChI is InChI=1S/C22H16F3N3O3S/c1-21(2)19(30)27(14-4-3-13(11-26)17(10-14)22(23,24)25)20(32)28(21)15-5-6-16-12(9-15)7-8-31-18(16)29/h3-6,9-10H,7-8H2,1-2H3. The molecule has 0 atom stereocenters. The van der Waals surface area contributed by atoms with Crippen molar-refractivity contribution in [3.63, 3.8) is 0 Å². The largest absolute Gasteiger partial charge is 0.462 e. The average molecular weight is 459 g/mol. The minimum atomic E-state index is -4.77. The molecule has 164 valence electrons. The maximum atomic E-state index is 13.4. The molecule has 4 rings (SSSR count). The number of thiocarbonyl (C=S) groups is 1. The highest BCUT2D eigenvalue weighted by molar-refractivity contribution is 7.81. The second kappa shape index (κ2) is 7.31. The van der Waals surface area contributed by atoms with Gasteiger partial charge < -0.3 is 9.64 Å². The van der Waals surface area contributed by atoms with E-state index in [1.54, 1.807) is 36.9 Å². The number of hydrogen-bond acceptors (Lipinski definition) is 5. The smallest absolute Gasteiger partial charge is 0.417 e. The fourth-order valence-corrected chi connectivity index (χ4v) is 4.44. The van der Waals surface area contributed by atoms with Crippen LogP contribution in [0.4, 0.5) is 24.5 Å². The third-order valence-corrected chi connectivity index (χ3v) is 5.89. The lowest BCUT2D eigenvalue weighted by atomic mass is 9.99. The summed E-state index contributed by atoms with van der Waals surface area (Å²) in [4.78, 5) is 27.8. The predicted molar refractivity (Wildman–Crippen MR) is 113 cm³/mol. The van der Waals surface area contributed by atoms with E-state index >= 15 is 0 Å². The molecular weight excluding hydrogens is 443 g/mol. The Labute approximate surface area is 186 Å². The summed E-state index contributed by atoms with van der Waals surface area (Å²) < 4.78 is 45.4. The Hall–Kier alpha value is -3.45. The number of fused-ring (bicyclic) bond motifs is 1. The molecule has 0 unspecified atom stereocenters. The minimum absolute atomic E-state index is 0.00355. The van der Waals surface area contributed by atoms with Crippen molar-refractivity contribution in [3.8, 4) is 6.07 Å². The van der Waals surface area contributed by atoms with Crippen LogP contribution in [-0.4, -0.2) is 29.1 Å². The summed E-state index contributed by atoms with van der Waals surface area (Å²) in [5, 5.41) is 9.03. The number of halogens is 3. The first-order chi connectivity index (χ1) is 15.0. The van der Waals surface area contributed by atoms with E-state index in [1.807, 2.05) is 0 Å². The van der Waals surface area contributed by atoms with Crippen LogP contribution in [0.15, 0.2) is 36.4 Å². The Bertz CT molecular complexity index is 1220. The summed E-state index contributed by atoms with van der Waals surface area (Å²) in [6.45, 7) is 3.47. The van der Waals surface area contributed by atoms with Crippen LogP contribution in [-0.2, 0) is 22.1 Å². The molecule has 6 nitrogen and oxygen atoms in total. The average Bonchev–Trinajstić information content (AvgIpc) is 2.90. The lowest BCUT2D eigenvalue weighted by Crippen LogP contribution is -2.44. The first kappa shape index (κ1) is 21.8. The Morgan fingerprint density at radius 1 is 1.12 bits per heavy atom. The molecule has 0 aliphatic carbocycles. The summed E-state index contributed by atoms with van der Waals surface area (Å²) in [6, 6.07) is 9.51. The van der Waals surface area contributed by atoms with Crippen molar-refractivity contribution in [2.75, 3.05) is 16.4 Å². The van der Waals surface area contributed by atoms with Crippen molar-refractivity contribution < 1.29 is 27.5 Å². The normalized spacial score (nSPS) is 17.8. The highest BCUT2D eigenvalue weighted by Gasteiger charge is 2.51. The first-order valence-corrected chi connectivity index (χ1v) is 9.98. The van der Waals surface area contributed by atoms with Crippen LogP contribution in [0.3, 0.4) is 0 Å². The zero-order valence-corrected chi connectivity index (χ0v) is 17.8. The van der Waals surface area contributed by atoms with Crippen molar-refractivity contribution in [2.45, 2.75) is 32.0 Å². The van der Waals surface area contributed by atoms with Gasteiger partial charge in [-0.3, -0.25) is 9.69 Å². The van der Waals surface area contributed by atoms with Crippen LogP contribution in [0.1, 0.15) is 40.9 Å². The number of nitriles is 1. The second-order valence-corrected chi connectivity index (χ2v) is 8.25. The van der Waals surface area contributed by atoms with Gasteiger partial charge in [-0.15, -0.1) is 0 Å². The number of ether oxygens (including phenoxy) is 1. The van der Waals surface area contributed by atoms with Gasteiger partial charge in [0.05, 0.1) is 35.1 Å². The van der Waals surface area contributed by atoms with Gasteiger partial charge in [0, 0.05) is 12.1 Å². The number of esters is 1. The number of alkyl halides is 3. The molecule has 1 amide bonds. The fourth-order valence-electron chi connectivity index (χ4n) is 3.92. The topological polar surface area (TPSA) is 73.6 Å². The molecule has 2 heterocycles. The van der Waals surface area contributed by atoms with Crippen LogP contribution in [0.2, 0.25) is 0 Å². The van der Waals surface area contributed by atoms with Crippen molar-refractivity contribution >= 4 is 40.6 Å². The fraction of sp³-hybridized carbons (Fsp3) is 0.273. The first-order valence-electron chi connectivity index (χ1n) is 9.57. The Morgan fingerprint density at radius 2 is 1.81 bits per heavy atom. The van der Waals surface area contributed by atoms with Crippen LogP contribution in [0.5, 0.6) is 0 Å². The zero-order chi connectivity index (χ0) is 23.4. The third kappa shape index (κ3) is 3.29. The maximum Gasteiger partial charge on any atom is 0.417 e. The van der Waals surface area contributed by atoms with Gasteiger partial charge >= 0.3 is 12.1 Å². The number of carbonyl (C=O) groups excluding carboxylic acids is 2. The molecule has 1 fully saturated rings. The van der Waals surface area contributed by atoms with Gasteiger partial charge in [-0.2, -0.15) is 18.4 Å². The molecule has 2 aromatic carbocycles. The van der Waals surface area contributed by atoms with Crippen LogP contribution in [0.25, 0.3) is 0 Å². The van der Waals surface area contributed by atoms with E-state index in [-0.39, 0.29) is 17.4 Å². The number of nitrogens with zero attached hydrogens (tertiary/aromatic N) is 3. The SMILES string of the molecule is CC1(C)C(=O)N(c2ccc(C#N)c(C(F)(F)F)c2)C(=S)N1c1ccc2c(c1)CCOC2=O. The van der Waals surface area contributed by atoms with Crippen LogP contribution < -0.4 is 9.80 Å². The Morgan fingerprint density at radius 3 is 2.47 bits per heavy atom. The van der Waals surface area contributed by atoms with Crippen molar-refractivity contribution in [2.24, 2.45) is 0 Å². The molecule has 0 radical (unpaired) electrons. The number of amides is 1. The van der Waals surface area contributed by atoms with Gasteiger partial charge in [0.2, 0.25) is 0 Å². The summed E-state index contributed by atoms with van der Waals surface area (Å²) >= 11 is 5.52. The number of hydrogen-bond donors (Lipinski definition) is 0. The van der Waals surface area contributed by atoms with E-state index in [0.29, 0.717) is 17.7 Å². The number of benzene rings is 2. The molecular formula is C22H16F3N3O3S. The molecule has 0 spiro atoms. The number of anilines is 2. The van der Waals surface area contributed by atoms with Crippen molar-refractivity contribution in [1.82, 2.24) is 0 Å². The summed E-state index contributed by atoms with van der Waals surface area (Å²) in [6.07, 6.45) is -4.27. The third-order valence-electron chi connectivity index (χ3n) is 5.53. The molecule has 2 aliphatic rings. The van der Waals surface area contributed by atoms with E-state index in [2.05, 4.69) is 0 Å². The second-order valence-electron chi connectivity index (χ2n) is 7.88. The van der Waals surface area contributed by atoms with Crippen LogP contribution in [0, 0.1) is 11.3 Å². The van der Waals surface area contributed by atoms with E-state index < -0.39 is 34.7 Å². The highest BCUT2D eigenvalue weighted by atomic mass is 32.1. The van der Waals surface area contributed by atoms with E-state index in [9.17, 15) is 22.8 Å². The summed E-state index contributed by atoms with van der Waals surface area (Å²) in [5.41, 5.74) is -1.27. The maximum absolute atomic E-state index is 13.4. The molecule has 2 aromatic rings. The lowest BCUT2D eigenvalue weighted by Gasteiger charge is -2.30. The van der Waals surface area contributed by atoms with E-state index in [4.69, 9.17) is 22.2 Å². The lowest BCUT2D eigenvalue weighted by molar-refractivity contribution is -0.137. The van der Waals surface area contributed by atoms with Gasteiger partial charge in [0.25, 0.3) is 5.91 Å². The molecule has 0 aromatic heterocycles. The predicted octanol–water partition coefficient (Wildman–Crippen LogP) is 4.21.